The zero-order valence-corrected chi connectivity index (χ0v) is 16.9. The third-order valence-electron chi connectivity index (χ3n) is 5.60. The summed E-state index contributed by atoms with van der Waals surface area (Å²) in [7, 11) is 0. The molecule has 0 N–H and O–H groups in total. The van der Waals surface area contributed by atoms with E-state index >= 15 is 0 Å². The predicted octanol–water partition coefficient (Wildman–Crippen LogP) is 6.01. The van der Waals surface area contributed by atoms with Crippen LogP contribution in [0.4, 0.5) is 4.39 Å². The maximum atomic E-state index is 13.6. The standard InChI is InChI=1S/C26H21FN2O2/c27-21-9-4-8-19(16-21)20-12-13-24-22(17-20)28-26(31-24)23-10-5-15-29(23)25(30)14-11-18-6-2-1-3-7-18/h1-4,6-9,11-14,16-17,23H,5,10,15H2/b14-11+/t23-/m1/s1. The van der Waals surface area contributed by atoms with Gasteiger partial charge in [-0.2, -0.15) is 0 Å². The van der Waals surface area contributed by atoms with Crippen LogP contribution >= 0.6 is 0 Å². The molecule has 5 rings (SSSR count). The van der Waals surface area contributed by atoms with Crippen LogP contribution in [0.25, 0.3) is 28.3 Å². The molecular formula is C26H21FN2O2. The molecule has 1 aliphatic heterocycles. The number of carbonyl (C=O) groups is 1. The molecular weight excluding hydrogens is 391 g/mol. The Kier molecular flexibility index (Phi) is 5.08. The number of nitrogens with zero attached hydrogens (tertiary/aromatic N) is 2. The van der Waals surface area contributed by atoms with Crippen molar-refractivity contribution in [1.82, 2.24) is 9.88 Å². The van der Waals surface area contributed by atoms with E-state index in [1.165, 1.54) is 12.1 Å². The molecule has 154 valence electrons. The summed E-state index contributed by atoms with van der Waals surface area (Å²) in [6.07, 6.45) is 5.16. The Labute approximate surface area is 179 Å². The second-order valence-electron chi connectivity index (χ2n) is 7.68. The summed E-state index contributed by atoms with van der Waals surface area (Å²) >= 11 is 0. The SMILES string of the molecule is O=C(/C=C/c1ccccc1)N1CCC[C@@H]1c1nc2cc(-c3cccc(F)c3)ccc2o1. The molecule has 1 aromatic heterocycles. The Morgan fingerprint density at radius 1 is 1.03 bits per heavy atom. The molecule has 3 aromatic carbocycles. The molecule has 2 heterocycles. The van der Waals surface area contributed by atoms with E-state index in [9.17, 15) is 9.18 Å². The first-order valence-corrected chi connectivity index (χ1v) is 10.4. The fraction of sp³-hybridized carbons (Fsp3) is 0.154. The smallest absolute Gasteiger partial charge is 0.247 e. The Morgan fingerprint density at radius 3 is 2.71 bits per heavy atom. The van der Waals surface area contributed by atoms with Crippen LogP contribution in [0.3, 0.4) is 0 Å². The lowest BCUT2D eigenvalue weighted by Gasteiger charge is -2.20. The molecule has 1 fully saturated rings. The van der Waals surface area contributed by atoms with Gasteiger partial charge in [0.2, 0.25) is 11.8 Å². The van der Waals surface area contributed by atoms with E-state index in [2.05, 4.69) is 4.98 Å². The molecule has 0 saturated carbocycles. The van der Waals surface area contributed by atoms with Crippen molar-refractivity contribution in [3.8, 4) is 11.1 Å². The van der Waals surface area contributed by atoms with Crippen molar-refractivity contribution in [2.24, 2.45) is 0 Å². The van der Waals surface area contributed by atoms with Gasteiger partial charge in [0.25, 0.3) is 0 Å². The Balaban J connectivity index is 1.40. The third kappa shape index (κ3) is 3.99. The Morgan fingerprint density at radius 2 is 1.87 bits per heavy atom. The van der Waals surface area contributed by atoms with Crippen molar-refractivity contribution >= 4 is 23.1 Å². The van der Waals surface area contributed by atoms with Gasteiger partial charge in [-0.15, -0.1) is 0 Å². The van der Waals surface area contributed by atoms with Crippen molar-refractivity contribution in [3.63, 3.8) is 0 Å². The maximum Gasteiger partial charge on any atom is 0.247 e. The molecule has 0 radical (unpaired) electrons. The molecule has 5 heteroatoms. The lowest BCUT2D eigenvalue weighted by atomic mass is 10.1. The van der Waals surface area contributed by atoms with E-state index in [-0.39, 0.29) is 17.8 Å². The zero-order chi connectivity index (χ0) is 21.2. The predicted molar refractivity (Wildman–Crippen MR) is 119 cm³/mol. The highest BCUT2D eigenvalue weighted by molar-refractivity contribution is 5.92. The van der Waals surface area contributed by atoms with Crippen LogP contribution in [0.1, 0.15) is 30.3 Å². The number of halogens is 1. The maximum absolute atomic E-state index is 13.6. The highest BCUT2D eigenvalue weighted by Gasteiger charge is 2.32. The first-order chi connectivity index (χ1) is 15.2. The van der Waals surface area contributed by atoms with Gasteiger partial charge in [0, 0.05) is 12.6 Å². The van der Waals surface area contributed by atoms with Gasteiger partial charge < -0.3 is 9.32 Å². The molecule has 31 heavy (non-hydrogen) atoms. The first kappa shape index (κ1) is 19.2. The number of rotatable bonds is 4. The van der Waals surface area contributed by atoms with Crippen LogP contribution in [0.5, 0.6) is 0 Å². The van der Waals surface area contributed by atoms with E-state index < -0.39 is 0 Å². The van der Waals surface area contributed by atoms with Gasteiger partial charge in [-0.05, 0) is 59.9 Å². The van der Waals surface area contributed by atoms with E-state index in [1.807, 2.05) is 65.6 Å². The van der Waals surface area contributed by atoms with Gasteiger partial charge >= 0.3 is 0 Å². The molecule has 1 amide bonds. The number of fused-ring (bicyclic) bond motifs is 1. The van der Waals surface area contributed by atoms with Gasteiger partial charge in [-0.1, -0.05) is 48.5 Å². The summed E-state index contributed by atoms with van der Waals surface area (Å²) in [6.45, 7) is 0.676. The summed E-state index contributed by atoms with van der Waals surface area (Å²) in [5.74, 6) is 0.224. The van der Waals surface area contributed by atoms with Crippen molar-refractivity contribution in [2.75, 3.05) is 6.54 Å². The fourth-order valence-corrected chi connectivity index (χ4v) is 4.05. The molecule has 1 saturated heterocycles. The molecule has 4 nitrogen and oxygen atoms in total. The van der Waals surface area contributed by atoms with Crippen LogP contribution in [-0.2, 0) is 4.79 Å². The van der Waals surface area contributed by atoms with E-state index in [4.69, 9.17) is 4.42 Å². The minimum Gasteiger partial charge on any atom is -0.438 e. The van der Waals surface area contributed by atoms with Gasteiger partial charge in [-0.25, -0.2) is 9.37 Å². The Bertz CT molecular complexity index is 1260. The number of oxazole rings is 1. The quantitative estimate of drug-likeness (QED) is 0.386. The van der Waals surface area contributed by atoms with Gasteiger partial charge in [0.05, 0.1) is 0 Å². The molecule has 1 atom stereocenters. The monoisotopic (exact) mass is 412 g/mol. The number of aromatic nitrogens is 1. The first-order valence-electron chi connectivity index (χ1n) is 10.4. The molecule has 1 aliphatic rings. The topological polar surface area (TPSA) is 46.3 Å². The van der Waals surface area contributed by atoms with Crippen molar-refractivity contribution in [2.45, 2.75) is 18.9 Å². The molecule has 4 aromatic rings. The normalized spacial score (nSPS) is 16.4. The molecule has 0 unspecified atom stereocenters. The second-order valence-corrected chi connectivity index (χ2v) is 7.68. The van der Waals surface area contributed by atoms with Crippen LogP contribution in [0, 0.1) is 5.82 Å². The fourth-order valence-electron chi connectivity index (χ4n) is 4.05. The number of amides is 1. The number of hydrogen-bond donors (Lipinski definition) is 0. The van der Waals surface area contributed by atoms with Crippen molar-refractivity contribution in [1.29, 1.82) is 0 Å². The summed E-state index contributed by atoms with van der Waals surface area (Å²) in [6, 6.07) is 21.7. The van der Waals surface area contributed by atoms with E-state index in [0.717, 1.165) is 29.5 Å². The average molecular weight is 412 g/mol. The molecule has 0 spiro atoms. The summed E-state index contributed by atoms with van der Waals surface area (Å²) in [5.41, 5.74) is 4.01. The van der Waals surface area contributed by atoms with E-state index in [0.29, 0.717) is 23.5 Å². The van der Waals surface area contributed by atoms with Crippen LogP contribution in [0.15, 0.2) is 83.3 Å². The number of benzene rings is 3. The number of likely N-dealkylation sites (tertiary alicyclic amines) is 1. The highest BCUT2D eigenvalue weighted by atomic mass is 19.1. The number of hydrogen-bond acceptors (Lipinski definition) is 3. The Hall–Kier alpha value is -3.73. The minimum absolute atomic E-state index is 0.0472. The third-order valence-corrected chi connectivity index (χ3v) is 5.60. The number of carbonyl (C=O) groups excluding carboxylic acids is 1. The second kappa shape index (κ2) is 8.19. The van der Waals surface area contributed by atoms with Crippen molar-refractivity contribution in [3.05, 3.63) is 96.1 Å². The lowest BCUT2D eigenvalue weighted by molar-refractivity contribution is -0.127. The largest absolute Gasteiger partial charge is 0.438 e. The summed E-state index contributed by atoms with van der Waals surface area (Å²) in [5, 5.41) is 0. The van der Waals surface area contributed by atoms with Crippen LogP contribution < -0.4 is 0 Å². The van der Waals surface area contributed by atoms with Gasteiger partial charge in [0.1, 0.15) is 17.4 Å². The zero-order valence-electron chi connectivity index (χ0n) is 16.9. The summed E-state index contributed by atoms with van der Waals surface area (Å²) in [4.78, 5) is 19.3. The van der Waals surface area contributed by atoms with Crippen molar-refractivity contribution < 1.29 is 13.6 Å². The molecule has 0 aliphatic carbocycles. The van der Waals surface area contributed by atoms with Gasteiger partial charge in [-0.3, -0.25) is 4.79 Å². The lowest BCUT2D eigenvalue weighted by Crippen LogP contribution is -2.29. The summed E-state index contributed by atoms with van der Waals surface area (Å²) < 4.78 is 19.6. The van der Waals surface area contributed by atoms with Crippen LogP contribution in [0.2, 0.25) is 0 Å². The highest BCUT2D eigenvalue weighted by Crippen LogP contribution is 2.34. The van der Waals surface area contributed by atoms with Gasteiger partial charge in [0.15, 0.2) is 5.58 Å². The average Bonchev–Trinajstić information content (AvgIpc) is 3.44. The molecule has 0 bridgehead atoms. The van der Waals surface area contributed by atoms with E-state index in [1.54, 1.807) is 12.1 Å². The van der Waals surface area contributed by atoms with Crippen LogP contribution in [-0.4, -0.2) is 22.3 Å². The minimum atomic E-state index is -0.276.